The van der Waals surface area contributed by atoms with Gasteiger partial charge in [-0.15, -0.1) is 10.2 Å². The molecule has 2 bridgehead atoms. The molecule has 1 heterocycles. The van der Waals surface area contributed by atoms with Crippen molar-refractivity contribution in [3.05, 3.63) is 5.82 Å². The average molecular weight is 221 g/mol. The van der Waals surface area contributed by atoms with Gasteiger partial charge in [0.25, 0.3) is 0 Å². The van der Waals surface area contributed by atoms with Crippen molar-refractivity contribution in [1.82, 2.24) is 25.5 Å². The summed E-state index contributed by atoms with van der Waals surface area (Å²) in [5, 5.41) is 15.4. The molecule has 3 atom stereocenters. The second-order valence-corrected chi connectivity index (χ2v) is 5.26. The lowest BCUT2D eigenvalue weighted by molar-refractivity contribution is 0.317. The minimum atomic E-state index is 0.752. The number of hydrogen-bond donors (Lipinski definition) is 1. The van der Waals surface area contributed by atoms with E-state index < -0.39 is 0 Å². The molecule has 3 unspecified atom stereocenters. The zero-order valence-electron chi connectivity index (χ0n) is 9.76. The Hall–Kier alpha value is -0.970. The van der Waals surface area contributed by atoms with Crippen molar-refractivity contribution in [2.45, 2.75) is 32.2 Å². The highest BCUT2D eigenvalue weighted by Gasteiger charge is 2.38. The molecule has 1 aromatic rings. The van der Waals surface area contributed by atoms with E-state index in [-0.39, 0.29) is 0 Å². The largest absolute Gasteiger partial charge is 0.309 e. The number of rotatable bonds is 4. The van der Waals surface area contributed by atoms with Crippen LogP contribution in [0.5, 0.6) is 0 Å². The molecular formula is C11H19N5. The fourth-order valence-corrected chi connectivity index (χ4v) is 3.39. The van der Waals surface area contributed by atoms with Crippen LogP contribution in [0.15, 0.2) is 0 Å². The van der Waals surface area contributed by atoms with Gasteiger partial charge in [0.05, 0.1) is 13.6 Å². The average Bonchev–Trinajstić information content (AvgIpc) is 2.94. The van der Waals surface area contributed by atoms with Crippen molar-refractivity contribution >= 4 is 0 Å². The van der Waals surface area contributed by atoms with Crippen LogP contribution in [0, 0.1) is 17.8 Å². The van der Waals surface area contributed by atoms with E-state index >= 15 is 0 Å². The second kappa shape index (κ2) is 4.13. The van der Waals surface area contributed by atoms with E-state index in [1.165, 1.54) is 30.5 Å². The highest BCUT2D eigenvalue weighted by atomic mass is 15.6. The first-order valence-corrected chi connectivity index (χ1v) is 6.25. The van der Waals surface area contributed by atoms with Gasteiger partial charge in [-0.25, -0.2) is 0 Å². The summed E-state index contributed by atoms with van der Waals surface area (Å²) >= 11 is 0. The predicted octanol–water partition coefficient (Wildman–Crippen LogP) is 0.736. The second-order valence-electron chi connectivity index (χ2n) is 5.26. The first kappa shape index (κ1) is 10.2. The molecule has 0 saturated heterocycles. The molecule has 3 rings (SSSR count). The molecule has 16 heavy (non-hydrogen) atoms. The Morgan fingerprint density at radius 2 is 2.31 bits per heavy atom. The molecule has 2 fully saturated rings. The Kier molecular flexibility index (Phi) is 2.63. The Morgan fingerprint density at radius 3 is 2.94 bits per heavy atom. The highest BCUT2D eigenvalue weighted by Crippen LogP contribution is 2.47. The molecule has 1 aromatic heterocycles. The summed E-state index contributed by atoms with van der Waals surface area (Å²) in [6.07, 6.45) is 5.86. The zero-order chi connectivity index (χ0) is 11.0. The fraction of sp³-hybridized carbons (Fsp3) is 0.909. The molecule has 2 saturated carbocycles. The molecule has 5 nitrogen and oxygen atoms in total. The Balaban J connectivity index is 1.44. The standard InChI is InChI=1S/C11H19N5/c1-16-14-11(13-15-16)7-12-6-10-5-8-2-3-9(10)4-8/h8-10,12H,2-7H2,1H3. The molecule has 0 spiro atoms. The van der Waals surface area contributed by atoms with Crippen LogP contribution in [-0.2, 0) is 13.6 Å². The van der Waals surface area contributed by atoms with Gasteiger partial charge in [0, 0.05) is 0 Å². The quantitative estimate of drug-likeness (QED) is 0.814. The summed E-state index contributed by atoms with van der Waals surface area (Å²) in [6, 6.07) is 0. The number of aryl methyl sites for hydroxylation is 1. The maximum absolute atomic E-state index is 4.15. The lowest BCUT2D eigenvalue weighted by atomic mass is 9.89. The van der Waals surface area contributed by atoms with Crippen molar-refractivity contribution in [2.75, 3.05) is 6.54 Å². The molecule has 2 aliphatic rings. The maximum Gasteiger partial charge on any atom is 0.188 e. The molecule has 1 N–H and O–H groups in total. The van der Waals surface area contributed by atoms with Crippen LogP contribution in [0.25, 0.3) is 0 Å². The van der Waals surface area contributed by atoms with Gasteiger partial charge in [0.1, 0.15) is 0 Å². The van der Waals surface area contributed by atoms with Gasteiger partial charge >= 0.3 is 0 Å². The highest BCUT2D eigenvalue weighted by molar-refractivity contribution is 4.91. The van der Waals surface area contributed by atoms with E-state index in [2.05, 4.69) is 20.7 Å². The van der Waals surface area contributed by atoms with Gasteiger partial charge in [-0.3, -0.25) is 0 Å². The van der Waals surface area contributed by atoms with Crippen molar-refractivity contribution < 1.29 is 0 Å². The summed E-state index contributed by atoms with van der Waals surface area (Å²) in [6.45, 7) is 1.88. The van der Waals surface area contributed by atoms with Crippen molar-refractivity contribution in [3.8, 4) is 0 Å². The normalized spacial score (nSPS) is 32.4. The third-order valence-electron chi connectivity index (χ3n) is 4.12. The summed E-state index contributed by atoms with van der Waals surface area (Å²) in [4.78, 5) is 1.51. The smallest absolute Gasteiger partial charge is 0.188 e. The topological polar surface area (TPSA) is 55.6 Å². The third-order valence-corrected chi connectivity index (χ3v) is 4.12. The van der Waals surface area contributed by atoms with Crippen LogP contribution in [0.1, 0.15) is 31.5 Å². The molecule has 88 valence electrons. The van der Waals surface area contributed by atoms with Crippen LogP contribution in [0.2, 0.25) is 0 Å². The Bertz CT molecular complexity index is 361. The number of tetrazole rings is 1. The van der Waals surface area contributed by atoms with Gasteiger partial charge in [0.2, 0.25) is 0 Å². The number of hydrogen-bond acceptors (Lipinski definition) is 4. The van der Waals surface area contributed by atoms with Crippen molar-refractivity contribution in [2.24, 2.45) is 24.8 Å². The number of aromatic nitrogens is 4. The van der Waals surface area contributed by atoms with E-state index in [1.54, 1.807) is 7.05 Å². The predicted molar refractivity (Wildman–Crippen MR) is 59.4 cm³/mol. The third kappa shape index (κ3) is 1.96. The Morgan fingerprint density at radius 1 is 1.38 bits per heavy atom. The zero-order valence-corrected chi connectivity index (χ0v) is 9.76. The molecule has 0 aromatic carbocycles. The SMILES string of the molecule is Cn1nnc(CNCC2CC3CCC2C3)n1. The lowest BCUT2D eigenvalue weighted by Crippen LogP contribution is -2.26. The molecule has 0 amide bonds. The number of nitrogens with one attached hydrogen (secondary N) is 1. The van der Waals surface area contributed by atoms with Gasteiger partial charge < -0.3 is 5.32 Å². The van der Waals surface area contributed by atoms with Crippen LogP contribution >= 0.6 is 0 Å². The van der Waals surface area contributed by atoms with Gasteiger partial charge in [-0.2, -0.15) is 4.80 Å². The van der Waals surface area contributed by atoms with E-state index in [1.807, 2.05) is 0 Å². The molecule has 2 aliphatic carbocycles. The van der Waals surface area contributed by atoms with Crippen molar-refractivity contribution in [1.29, 1.82) is 0 Å². The summed E-state index contributed by atoms with van der Waals surface area (Å²) in [7, 11) is 1.80. The molecular weight excluding hydrogens is 202 g/mol. The van der Waals surface area contributed by atoms with E-state index in [4.69, 9.17) is 0 Å². The van der Waals surface area contributed by atoms with E-state index in [0.29, 0.717) is 0 Å². The monoisotopic (exact) mass is 221 g/mol. The van der Waals surface area contributed by atoms with Crippen molar-refractivity contribution in [3.63, 3.8) is 0 Å². The Labute approximate surface area is 95.6 Å². The summed E-state index contributed by atoms with van der Waals surface area (Å²) in [5.74, 6) is 3.72. The molecule has 5 heteroatoms. The minimum absolute atomic E-state index is 0.752. The number of nitrogens with zero attached hydrogens (tertiary/aromatic N) is 4. The van der Waals surface area contributed by atoms with Gasteiger partial charge in [-0.1, -0.05) is 6.42 Å². The lowest BCUT2D eigenvalue weighted by Gasteiger charge is -2.21. The number of fused-ring (bicyclic) bond motifs is 2. The first-order valence-electron chi connectivity index (χ1n) is 6.25. The molecule has 0 aliphatic heterocycles. The van der Waals surface area contributed by atoms with Gasteiger partial charge in [-0.05, 0) is 48.8 Å². The minimum Gasteiger partial charge on any atom is -0.309 e. The summed E-state index contributed by atoms with van der Waals surface area (Å²) in [5.41, 5.74) is 0. The van der Waals surface area contributed by atoms with Crippen LogP contribution in [0.3, 0.4) is 0 Å². The van der Waals surface area contributed by atoms with Crippen LogP contribution < -0.4 is 5.32 Å². The van der Waals surface area contributed by atoms with E-state index in [9.17, 15) is 0 Å². The van der Waals surface area contributed by atoms with Gasteiger partial charge in [0.15, 0.2) is 5.82 Å². The van der Waals surface area contributed by atoms with Crippen LogP contribution in [-0.4, -0.2) is 26.8 Å². The maximum atomic E-state index is 4.15. The first-order chi connectivity index (χ1) is 7.81. The van der Waals surface area contributed by atoms with E-state index in [0.717, 1.165) is 36.7 Å². The fourth-order valence-electron chi connectivity index (χ4n) is 3.39. The van der Waals surface area contributed by atoms with Crippen LogP contribution in [0.4, 0.5) is 0 Å². The molecule has 0 radical (unpaired) electrons. The summed E-state index contributed by atoms with van der Waals surface area (Å²) < 4.78 is 0.